The molecule has 0 unspecified atom stereocenters. The Bertz CT molecular complexity index is 3220. The molecule has 0 aliphatic heterocycles. The molecule has 0 heterocycles. The maximum atomic E-state index is 2.50. The summed E-state index contributed by atoms with van der Waals surface area (Å²) in [6.45, 7) is 4.72. The smallest absolute Gasteiger partial charge is 0.0543 e. The van der Waals surface area contributed by atoms with Crippen LogP contribution in [0.3, 0.4) is 0 Å². The fourth-order valence-corrected chi connectivity index (χ4v) is 9.60. The third-order valence-electron chi connectivity index (χ3n) is 12.7. The summed E-state index contributed by atoms with van der Waals surface area (Å²) in [4.78, 5) is 2.50. The first-order valence-electron chi connectivity index (χ1n) is 20.9. The molecule has 0 amide bonds. The minimum absolute atomic E-state index is 0.126. The van der Waals surface area contributed by atoms with Crippen LogP contribution in [0.5, 0.6) is 0 Å². The predicted molar refractivity (Wildman–Crippen MR) is 255 cm³/mol. The van der Waals surface area contributed by atoms with Gasteiger partial charge in [0.25, 0.3) is 0 Å². The molecule has 0 N–H and O–H groups in total. The number of fused-ring (bicyclic) bond motifs is 5. The number of rotatable bonds is 7. The summed E-state index contributed by atoms with van der Waals surface area (Å²) < 4.78 is 0. The van der Waals surface area contributed by atoms with Gasteiger partial charge in [-0.1, -0.05) is 208 Å². The summed E-state index contributed by atoms with van der Waals surface area (Å²) in [6, 6.07) is 82.4. The van der Waals surface area contributed by atoms with Gasteiger partial charge in [-0.25, -0.2) is 0 Å². The maximum absolute atomic E-state index is 2.50. The Kier molecular flexibility index (Phi) is 8.57. The normalized spacial score (nSPS) is 12.6. The van der Waals surface area contributed by atoms with Crippen LogP contribution in [-0.2, 0) is 5.41 Å². The lowest BCUT2D eigenvalue weighted by atomic mass is 9.82. The van der Waals surface area contributed by atoms with Gasteiger partial charge in [-0.15, -0.1) is 0 Å². The Labute approximate surface area is 352 Å². The molecule has 0 aromatic heterocycles. The number of hydrogen-bond acceptors (Lipinski definition) is 1. The van der Waals surface area contributed by atoms with E-state index in [4.69, 9.17) is 0 Å². The molecule has 10 aromatic rings. The summed E-state index contributed by atoms with van der Waals surface area (Å²) in [5.74, 6) is 0. The summed E-state index contributed by atoms with van der Waals surface area (Å²) in [7, 11) is 0. The lowest BCUT2D eigenvalue weighted by molar-refractivity contribution is 0.660. The molecule has 10 aromatic carbocycles. The minimum Gasteiger partial charge on any atom is -0.309 e. The quantitative estimate of drug-likeness (QED) is 0.156. The van der Waals surface area contributed by atoms with E-state index < -0.39 is 0 Å². The molecule has 0 radical (unpaired) electrons. The average Bonchev–Trinajstić information content (AvgIpc) is 3.55. The molecular formula is C59H43N. The van der Waals surface area contributed by atoms with Gasteiger partial charge < -0.3 is 4.90 Å². The van der Waals surface area contributed by atoms with Crippen LogP contribution >= 0.6 is 0 Å². The molecule has 0 saturated heterocycles. The van der Waals surface area contributed by atoms with E-state index in [1.807, 2.05) is 0 Å². The van der Waals surface area contributed by atoms with Gasteiger partial charge in [0.1, 0.15) is 0 Å². The summed E-state index contributed by atoms with van der Waals surface area (Å²) in [5.41, 5.74) is 18.2. The zero-order chi connectivity index (χ0) is 40.2. The molecule has 0 fully saturated rings. The molecule has 11 rings (SSSR count). The highest BCUT2D eigenvalue weighted by Crippen LogP contribution is 2.55. The monoisotopic (exact) mass is 765 g/mol. The lowest BCUT2D eigenvalue weighted by Crippen LogP contribution is -2.16. The molecule has 1 heteroatoms. The first kappa shape index (κ1) is 35.7. The van der Waals surface area contributed by atoms with Gasteiger partial charge in [-0.05, 0) is 108 Å². The van der Waals surface area contributed by atoms with E-state index in [2.05, 4.69) is 243 Å². The Morgan fingerprint density at radius 1 is 0.317 bits per heavy atom. The molecule has 0 atom stereocenters. The molecular weight excluding hydrogens is 723 g/mol. The van der Waals surface area contributed by atoms with Crippen molar-refractivity contribution in [1.29, 1.82) is 0 Å². The molecule has 0 saturated carbocycles. The standard InChI is InChI=1S/C59H43N/c1-59(2)54-24-9-7-22-53(54)58-55(59)25-13-27-57(58)60(49-19-11-18-47(39-49)41-28-33-44(34-29-41)51-23-12-17-43-15-5-6-20-50(43)51)56-26-10-8-21-52(56)45-35-30-42(31-36-45)48-37-32-40-14-3-4-16-46(40)38-48/h3-39H,1-2H3. The van der Waals surface area contributed by atoms with Crippen molar-refractivity contribution in [3.8, 4) is 55.6 Å². The van der Waals surface area contributed by atoms with Crippen LogP contribution in [0.4, 0.5) is 17.1 Å². The number of para-hydroxylation sites is 1. The third-order valence-corrected chi connectivity index (χ3v) is 12.7. The molecule has 0 bridgehead atoms. The van der Waals surface area contributed by atoms with Crippen LogP contribution in [0, 0.1) is 0 Å². The molecule has 1 aliphatic rings. The molecule has 0 spiro atoms. The van der Waals surface area contributed by atoms with Gasteiger partial charge >= 0.3 is 0 Å². The Hall–Kier alpha value is -7.48. The number of anilines is 3. The van der Waals surface area contributed by atoms with Crippen LogP contribution in [0.1, 0.15) is 25.0 Å². The van der Waals surface area contributed by atoms with Crippen molar-refractivity contribution >= 4 is 38.6 Å². The van der Waals surface area contributed by atoms with E-state index in [0.29, 0.717) is 0 Å². The van der Waals surface area contributed by atoms with Crippen molar-refractivity contribution in [3.63, 3.8) is 0 Å². The van der Waals surface area contributed by atoms with E-state index in [1.165, 1.54) is 94.0 Å². The van der Waals surface area contributed by atoms with E-state index in [1.54, 1.807) is 0 Å². The van der Waals surface area contributed by atoms with Crippen LogP contribution < -0.4 is 4.90 Å². The highest BCUT2D eigenvalue weighted by atomic mass is 15.1. The maximum Gasteiger partial charge on any atom is 0.0543 e. The summed E-state index contributed by atoms with van der Waals surface area (Å²) >= 11 is 0. The van der Waals surface area contributed by atoms with Crippen molar-refractivity contribution < 1.29 is 0 Å². The van der Waals surface area contributed by atoms with E-state index in [-0.39, 0.29) is 5.41 Å². The van der Waals surface area contributed by atoms with Gasteiger partial charge in [0.15, 0.2) is 0 Å². The fourth-order valence-electron chi connectivity index (χ4n) is 9.60. The van der Waals surface area contributed by atoms with Crippen LogP contribution in [0.25, 0.3) is 77.2 Å². The van der Waals surface area contributed by atoms with E-state index in [0.717, 1.165) is 11.4 Å². The Morgan fingerprint density at radius 2 is 0.833 bits per heavy atom. The molecule has 1 nitrogen and oxygen atoms in total. The van der Waals surface area contributed by atoms with Crippen LogP contribution in [0.2, 0.25) is 0 Å². The molecule has 1 aliphatic carbocycles. The summed E-state index contributed by atoms with van der Waals surface area (Å²) in [5, 5.41) is 5.04. The largest absolute Gasteiger partial charge is 0.309 e. The Balaban J connectivity index is 1.05. The fraction of sp³-hybridized carbons (Fsp3) is 0.0508. The SMILES string of the molecule is CC1(C)c2ccccc2-c2c(N(c3cccc(-c4ccc(-c5cccc6ccccc56)cc4)c3)c3ccccc3-c3ccc(-c4ccc5ccccc5c4)cc3)cccc21. The first-order valence-corrected chi connectivity index (χ1v) is 20.9. The molecule has 284 valence electrons. The number of hydrogen-bond donors (Lipinski definition) is 0. The number of benzene rings is 10. The first-order chi connectivity index (χ1) is 29.5. The van der Waals surface area contributed by atoms with Gasteiger partial charge in [0, 0.05) is 22.2 Å². The third kappa shape index (κ3) is 6.01. The zero-order valence-electron chi connectivity index (χ0n) is 33.8. The number of nitrogens with zero attached hydrogens (tertiary/aromatic N) is 1. The van der Waals surface area contributed by atoms with Gasteiger partial charge in [0.2, 0.25) is 0 Å². The second-order valence-corrected chi connectivity index (χ2v) is 16.5. The lowest BCUT2D eigenvalue weighted by Gasteiger charge is -2.31. The average molecular weight is 766 g/mol. The topological polar surface area (TPSA) is 3.24 Å². The zero-order valence-corrected chi connectivity index (χ0v) is 33.8. The van der Waals surface area contributed by atoms with Crippen molar-refractivity contribution in [2.24, 2.45) is 0 Å². The van der Waals surface area contributed by atoms with Crippen LogP contribution in [-0.4, -0.2) is 0 Å². The van der Waals surface area contributed by atoms with Crippen molar-refractivity contribution in [2.75, 3.05) is 4.90 Å². The predicted octanol–water partition coefficient (Wildman–Crippen LogP) is 16.4. The van der Waals surface area contributed by atoms with Crippen molar-refractivity contribution in [3.05, 3.63) is 236 Å². The Morgan fingerprint density at radius 3 is 1.63 bits per heavy atom. The van der Waals surface area contributed by atoms with E-state index in [9.17, 15) is 0 Å². The molecule has 60 heavy (non-hydrogen) atoms. The van der Waals surface area contributed by atoms with Gasteiger partial charge in [0.05, 0.1) is 11.4 Å². The highest BCUT2D eigenvalue weighted by molar-refractivity contribution is 5.99. The second-order valence-electron chi connectivity index (χ2n) is 16.5. The van der Waals surface area contributed by atoms with Crippen molar-refractivity contribution in [1.82, 2.24) is 0 Å². The minimum atomic E-state index is -0.126. The highest BCUT2D eigenvalue weighted by Gasteiger charge is 2.38. The van der Waals surface area contributed by atoms with E-state index >= 15 is 0 Å². The van der Waals surface area contributed by atoms with Crippen molar-refractivity contribution in [2.45, 2.75) is 19.3 Å². The second kappa shape index (κ2) is 14.4. The summed E-state index contributed by atoms with van der Waals surface area (Å²) in [6.07, 6.45) is 0. The van der Waals surface area contributed by atoms with Gasteiger partial charge in [-0.2, -0.15) is 0 Å². The van der Waals surface area contributed by atoms with Gasteiger partial charge in [-0.3, -0.25) is 0 Å². The van der Waals surface area contributed by atoms with Crippen LogP contribution in [0.15, 0.2) is 224 Å².